The van der Waals surface area contributed by atoms with Crippen LogP contribution in [0.3, 0.4) is 0 Å². The van der Waals surface area contributed by atoms with Crippen LogP contribution in [0.15, 0.2) is 24.3 Å². The largest absolute Gasteiger partial charge is 0.496 e. The van der Waals surface area contributed by atoms with Crippen molar-refractivity contribution >= 4 is 5.97 Å². The molecule has 0 fully saturated rings. The Morgan fingerprint density at radius 3 is 2.65 bits per heavy atom. The molecule has 0 N–H and O–H groups in total. The average Bonchev–Trinajstić information content (AvgIpc) is 2.55. The Hall–Kier alpha value is -2.06. The Kier molecular flexibility index (Phi) is 7.56. The summed E-state index contributed by atoms with van der Waals surface area (Å²) in [6, 6.07) is 9.63. The number of para-hydroxylation sites is 1. The fraction of sp³-hybridized carbons (Fsp3) is 0.556. The van der Waals surface area contributed by atoms with E-state index in [4.69, 9.17) is 19.5 Å². The summed E-state index contributed by atoms with van der Waals surface area (Å²) in [6.45, 7) is 5.86. The number of rotatable bonds is 9. The number of ether oxygens (including phenoxy) is 3. The monoisotopic (exact) mass is 319 g/mol. The molecule has 0 amide bonds. The van der Waals surface area contributed by atoms with Gasteiger partial charge < -0.3 is 14.2 Å². The highest BCUT2D eigenvalue weighted by atomic mass is 16.6. The normalized spacial score (nSPS) is 12.3. The molecule has 0 radical (unpaired) electrons. The molecule has 0 aliphatic heterocycles. The third kappa shape index (κ3) is 6.29. The Morgan fingerprint density at radius 1 is 1.35 bits per heavy atom. The summed E-state index contributed by atoms with van der Waals surface area (Å²) in [4.78, 5) is 11.6. The van der Waals surface area contributed by atoms with Crippen molar-refractivity contribution in [3.63, 3.8) is 0 Å². The van der Waals surface area contributed by atoms with Crippen LogP contribution in [0.2, 0.25) is 0 Å². The molecule has 0 aliphatic rings. The lowest BCUT2D eigenvalue weighted by Crippen LogP contribution is -2.23. The Morgan fingerprint density at radius 2 is 2.04 bits per heavy atom. The van der Waals surface area contributed by atoms with E-state index < -0.39 is 11.5 Å². The van der Waals surface area contributed by atoms with Gasteiger partial charge >= 0.3 is 5.97 Å². The minimum atomic E-state index is -0.617. The second-order valence-corrected chi connectivity index (χ2v) is 5.97. The second-order valence-electron chi connectivity index (χ2n) is 5.97. The molecule has 23 heavy (non-hydrogen) atoms. The molecule has 0 aliphatic carbocycles. The molecule has 5 heteroatoms. The standard InChI is InChI=1S/C18H25NO4/c1-5-8-17(20)22-11-16(23-13-18(2,3)12-19)14-9-6-7-10-15(14)21-4/h6-7,9-10,16H,5,8,11,13H2,1-4H3/t16-/m0/s1. The summed E-state index contributed by atoms with van der Waals surface area (Å²) in [5, 5.41) is 9.13. The second kappa shape index (κ2) is 9.16. The number of benzene rings is 1. The molecule has 0 aromatic heterocycles. The molecule has 0 spiro atoms. The minimum absolute atomic E-state index is 0.0979. The van der Waals surface area contributed by atoms with E-state index in [-0.39, 0.29) is 19.2 Å². The van der Waals surface area contributed by atoms with Crippen molar-refractivity contribution in [2.75, 3.05) is 20.3 Å². The smallest absolute Gasteiger partial charge is 0.305 e. The number of carbonyl (C=O) groups is 1. The summed E-state index contributed by atoms with van der Waals surface area (Å²) in [6.07, 6.45) is 0.641. The van der Waals surface area contributed by atoms with Crippen LogP contribution in [-0.4, -0.2) is 26.3 Å². The SMILES string of the molecule is CCCC(=O)OC[C@H](OCC(C)(C)C#N)c1ccccc1OC. The average molecular weight is 319 g/mol. The first kappa shape index (κ1) is 19.0. The Labute approximate surface area is 138 Å². The fourth-order valence-electron chi connectivity index (χ4n) is 1.95. The molecule has 126 valence electrons. The highest BCUT2D eigenvalue weighted by Gasteiger charge is 2.24. The minimum Gasteiger partial charge on any atom is -0.496 e. The van der Waals surface area contributed by atoms with Crippen molar-refractivity contribution in [1.29, 1.82) is 5.26 Å². The first-order valence-corrected chi connectivity index (χ1v) is 7.75. The predicted octanol–water partition coefficient (Wildman–Crippen LogP) is 3.65. The number of methoxy groups -OCH3 is 1. The van der Waals surface area contributed by atoms with Gasteiger partial charge in [-0.15, -0.1) is 0 Å². The molecule has 1 aromatic rings. The van der Waals surface area contributed by atoms with Crippen molar-refractivity contribution in [3.8, 4) is 11.8 Å². The quantitative estimate of drug-likeness (QED) is 0.650. The maximum atomic E-state index is 11.6. The van der Waals surface area contributed by atoms with E-state index in [2.05, 4.69) is 6.07 Å². The zero-order chi connectivity index (χ0) is 17.3. The van der Waals surface area contributed by atoms with Crippen LogP contribution in [-0.2, 0) is 14.3 Å². The van der Waals surface area contributed by atoms with Crippen LogP contribution in [0.1, 0.15) is 45.3 Å². The van der Waals surface area contributed by atoms with E-state index in [1.54, 1.807) is 21.0 Å². The van der Waals surface area contributed by atoms with E-state index in [0.29, 0.717) is 12.2 Å². The first-order valence-electron chi connectivity index (χ1n) is 7.75. The zero-order valence-corrected chi connectivity index (χ0v) is 14.3. The Bertz CT molecular complexity index is 548. The zero-order valence-electron chi connectivity index (χ0n) is 14.3. The molecule has 1 rings (SSSR count). The van der Waals surface area contributed by atoms with Crippen LogP contribution >= 0.6 is 0 Å². The molecular weight excluding hydrogens is 294 g/mol. The van der Waals surface area contributed by atoms with E-state index >= 15 is 0 Å². The molecule has 0 heterocycles. The van der Waals surface area contributed by atoms with Crippen molar-refractivity contribution in [1.82, 2.24) is 0 Å². The lowest BCUT2D eigenvalue weighted by Gasteiger charge is -2.24. The van der Waals surface area contributed by atoms with Gasteiger partial charge in [0.05, 0.1) is 25.2 Å². The van der Waals surface area contributed by atoms with E-state index in [1.165, 1.54) is 0 Å². The van der Waals surface area contributed by atoms with Crippen molar-refractivity contribution < 1.29 is 19.0 Å². The summed E-state index contributed by atoms with van der Waals surface area (Å²) in [5.74, 6) is 0.411. The maximum Gasteiger partial charge on any atom is 0.305 e. The number of esters is 1. The van der Waals surface area contributed by atoms with Crippen molar-refractivity contribution in [3.05, 3.63) is 29.8 Å². The molecule has 0 unspecified atom stereocenters. The van der Waals surface area contributed by atoms with Crippen LogP contribution in [0.25, 0.3) is 0 Å². The van der Waals surface area contributed by atoms with Gasteiger partial charge in [-0.1, -0.05) is 25.1 Å². The van der Waals surface area contributed by atoms with Crippen molar-refractivity contribution in [2.24, 2.45) is 5.41 Å². The molecule has 0 saturated heterocycles. The van der Waals surface area contributed by atoms with E-state index in [1.807, 2.05) is 31.2 Å². The summed E-state index contributed by atoms with van der Waals surface area (Å²) in [7, 11) is 1.58. The molecule has 1 aromatic carbocycles. The van der Waals surface area contributed by atoms with Gasteiger partial charge in [0, 0.05) is 12.0 Å². The fourth-order valence-corrected chi connectivity index (χ4v) is 1.95. The third-order valence-corrected chi connectivity index (χ3v) is 3.28. The number of hydrogen-bond donors (Lipinski definition) is 0. The maximum absolute atomic E-state index is 11.6. The molecule has 0 bridgehead atoms. The highest BCUT2D eigenvalue weighted by molar-refractivity contribution is 5.69. The van der Waals surface area contributed by atoms with Gasteiger partial charge in [-0.2, -0.15) is 5.26 Å². The van der Waals surface area contributed by atoms with Gasteiger partial charge in [0.1, 0.15) is 18.5 Å². The van der Waals surface area contributed by atoms with Gasteiger partial charge in [-0.3, -0.25) is 4.79 Å². The van der Waals surface area contributed by atoms with Gasteiger partial charge in [-0.05, 0) is 26.3 Å². The van der Waals surface area contributed by atoms with Crippen LogP contribution in [0.5, 0.6) is 5.75 Å². The third-order valence-electron chi connectivity index (χ3n) is 3.28. The van der Waals surface area contributed by atoms with Crippen molar-refractivity contribution in [2.45, 2.75) is 39.7 Å². The summed E-state index contributed by atoms with van der Waals surface area (Å²) < 4.78 is 16.5. The lowest BCUT2D eigenvalue weighted by atomic mass is 9.97. The number of carbonyl (C=O) groups excluding carboxylic acids is 1. The topological polar surface area (TPSA) is 68.5 Å². The molecule has 1 atom stereocenters. The highest BCUT2D eigenvalue weighted by Crippen LogP contribution is 2.29. The summed E-state index contributed by atoms with van der Waals surface area (Å²) in [5.41, 5.74) is 0.182. The van der Waals surface area contributed by atoms with Gasteiger partial charge in [0.25, 0.3) is 0 Å². The van der Waals surface area contributed by atoms with Gasteiger partial charge in [-0.25, -0.2) is 0 Å². The summed E-state index contributed by atoms with van der Waals surface area (Å²) >= 11 is 0. The van der Waals surface area contributed by atoms with E-state index in [0.717, 1.165) is 12.0 Å². The Balaban J connectivity index is 2.87. The number of hydrogen-bond acceptors (Lipinski definition) is 5. The molecule has 5 nitrogen and oxygen atoms in total. The molecule has 0 saturated carbocycles. The van der Waals surface area contributed by atoms with E-state index in [9.17, 15) is 4.79 Å². The number of nitriles is 1. The lowest BCUT2D eigenvalue weighted by molar-refractivity contribution is -0.148. The predicted molar refractivity (Wildman–Crippen MR) is 86.9 cm³/mol. The van der Waals surface area contributed by atoms with Crippen LogP contribution in [0, 0.1) is 16.7 Å². The van der Waals surface area contributed by atoms with Crippen LogP contribution < -0.4 is 4.74 Å². The van der Waals surface area contributed by atoms with Gasteiger partial charge in [0.2, 0.25) is 0 Å². The van der Waals surface area contributed by atoms with Gasteiger partial charge in [0.15, 0.2) is 0 Å². The first-order chi connectivity index (χ1) is 10.9. The van der Waals surface area contributed by atoms with Crippen LogP contribution in [0.4, 0.5) is 0 Å². The number of nitrogens with zero attached hydrogens (tertiary/aromatic N) is 1. The molecular formula is C18H25NO4.